The molecule has 0 aliphatic rings. The van der Waals surface area contributed by atoms with E-state index < -0.39 is 0 Å². The summed E-state index contributed by atoms with van der Waals surface area (Å²) in [6, 6.07) is 0. The van der Waals surface area contributed by atoms with E-state index in [2.05, 4.69) is 42.3 Å². The second-order valence-corrected chi connectivity index (χ2v) is 4.20. The van der Waals surface area contributed by atoms with Crippen LogP contribution in [0.25, 0.3) is 0 Å². The Bertz CT molecular complexity index is 326. The van der Waals surface area contributed by atoms with E-state index >= 15 is 0 Å². The summed E-state index contributed by atoms with van der Waals surface area (Å²) in [5, 5.41) is 4.43. The van der Waals surface area contributed by atoms with Gasteiger partial charge in [0.2, 0.25) is 0 Å². The molecule has 15 heavy (non-hydrogen) atoms. The molecule has 4 heteroatoms. The Morgan fingerprint density at radius 1 is 1.27 bits per heavy atom. The van der Waals surface area contributed by atoms with Crippen LogP contribution in [0, 0.1) is 6.92 Å². The molecular formula is C11H19N3S. The third-order valence-corrected chi connectivity index (χ3v) is 2.98. The SMILES string of the molecule is CCCNc1nc(CC)nc(SC)c1C. The molecule has 1 rings (SSSR count). The monoisotopic (exact) mass is 225 g/mol. The van der Waals surface area contributed by atoms with Crippen molar-refractivity contribution in [3.63, 3.8) is 0 Å². The Morgan fingerprint density at radius 2 is 2.00 bits per heavy atom. The molecule has 0 bridgehead atoms. The molecule has 0 aliphatic heterocycles. The quantitative estimate of drug-likeness (QED) is 0.617. The van der Waals surface area contributed by atoms with Gasteiger partial charge in [0.25, 0.3) is 0 Å². The lowest BCUT2D eigenvalue weighted by molar-refractivity contribution is 0.862. The highest BCUT2D eigenvalue weighted by Gasteiger charge is 2.08. The summed E-state index contributed by atoms with van der Waals surface area (Å²) in [5.41, 5.74) is 1.16. The van der Waals surface area contributed by atoms with Crippen LogP contribution >= 0.6 is 11.8 Å². The molecule has 3 nitrogen and oxygen atoms in total. The van der Waals surface area contributed by atoms with Gasteiger partial charge in [-0.25, -0.2) is 9.97 Å². The fourth-order valence-electron chi connectivity index (χ4n) is 1.31. The molecule has 0 saturated heterocycles. The third kappa shape index (κ3) is 3.09. The lowest BCUT2D eigenvalue weighted by atomic mass is 10.3. The van der Waals surface area contributed by atoms with Crippen LogP contribution in [0.15, 0.2) is 5.03 Å². The predicted octanol–water partition coefficient (Wildman–Crippen LogP) is 2.89. The van der Waals surface area contributed by atoms with Gasteiger partial charge in [-0.1, -0.05) is 13.8 Å². The summed E-state index contributed by atoms with van der Waals surface area (Å²) in [5.74, 6) is 1.91. The number of nitrogens with zero attached hydrogens (tertiary/aromatic N) is 2. The maximum Gasteiger partial charge on any atom is 0.133 e. The van der Waals surface area contributed by atoms with Gasteiger partial charge in [-0.2, -0.15) is 0 Å². The van der Waals surface area contributed by atoms with Crippen LogP contribution in [-0.2, 0) is 6.42 Å². The first kappa shape index (κ1) is 12.3. The van der Waals surface area contributed by atoms with Gasteiger partial charge in [-0.15, -0.1) is 11.8 Å². The van der Waals surface area contributed by atoms with E-state index in [1.54, 1.807) is 11.8 Å². The zero-order valence-electron chi connectivity index (χ0n) is 9.92. The van der Waals surface area contributed by atoms with Crippen LogP contribution in [0.1, 0.15) is 31.7 Å². The largest absolute Gasteiger partial charge is 0.370 e. The molecule has 1 aromatic rings. The summed E-state index contributed by atoms with van der Waals surface area (Å²) in [4.78, 5) is 8.99. The van der Waals surface area contributed by atoms with E-state index in [0.29, 0.717) is 0 Å². The first-order chi connectivity index (χ1) is 7.22. The summed E-state index contributed by atoms with van der Waals surface area (Å²) < 4.78 is 0. The van der Waals surface area contributed by atoms with Crippen molar-refractivity contribution in [2.45, 2.75) is 38.6 Å². The Labute approximate surface area is 96.1 Å². The van der Waals surface area contributed by atoms with Crippen molar-refractivity contribution in [3.8, 4) is 0 Å². The number of rotatable bonds is 5. The molecule has 84 valence electrons. The summed E-state index contributed by atoms with van der Waals surface area (Å²) in [6.07, 6.45) is 4.05. The maximum atomic E-state index is 4.50. The molecule has 0 radical (unpaired) electrons. The van der Waals surface area contributed by atoms with E-state index in [1.165, 1.54) is 0 Å². The average Bonchev–Trinajstić information content (AvgIpc) is 2.27. The Morgan fingerprint density at radius 3 is 2.53 bits per heavy atom. The zero-order valence-corrected chi connectivity index (χ0v) is 10.7. The predicted molar refractivity (Wildman–Crippen MR) is 66.7 cm³/mol. The average molecular weight is 225 g/mol. The number of aromatic nitrogens is 2. The summed E-state index contributed by atoms with van der Waals surface area (Å²) in [7, 11) is 0. The van der Waals surface area contributed by atoms with Crippen LogP contribution in [0.5, 0.6) is 0 Å². The minimum absolute atomic E-state index is 0.884. The number of hydrogen-bond donors (Lipinski definition) is 1. The highest BCUT2D eigenvalue weighted by molar-refractivity contribution is 7.98. The van der Waals surface area contributed by atoms with Gasteiger partial charge in [-0.05, 0) is 19.6 Å². The molecule has 0 saturated carbocycles. The van der Waals surface area contributed by atoms with Gasteiger partial charge in [-0.3, -0.25) is 0 Å². The zero-order chi connectivity index (χ0) is 11.3. The molecule has 0 aromatic carbocycles. The molecule has 0 fully saturated rings. The number of thioether (sulfide) groups is 1. The van der Waals surface area contributed by atoms with E-state index in [4.69, 9.17) is 0 Å². The van der Waals surface area contributed by atoms with E-state index in [9.17, 15) is 0 Å². The highest BCUT2D eigenvalue weighted by atomic mass is 32.2. The first-order valence-corrected chi connectivity index (χ1v) is 6.60. The van der Waals surface area contributed by atoms with Crippen LogP contribution in [0.3, 0.4) is 0 Å². The fourth-order valence-corrected chi connectivity index (χ4v) is 1.91. The normalized spacial score (nSPS) is 10.4. The van der Waals surface area contributed by atoms with Crippen molar-refractivity contribution >= 4 is 17.6 Å². The molecule has 0 aliphatic carbocycles. The van der Waals surface area contributed by atoms with E-state index in [1.807, 2.05) is 0 Å². The smallest absolute Gasteiger partial charge is 0.133 e. The Balaban J connectivity index is 3.01. The lowest BCUT2D eigenvalue weighted by Crippen LogP contribution is -2.08. The number of anilines is 1. The van der Waals surface area contributed by atoms with Gasteiger partial charge in [0.1, 0.15) is 16.7 Å². The van der Waals surface area contributed by atoms with Crippen LogP contribution in [-0.4, -0.2) is 22.8 Å². The minimum atomic E-state index is 0.884. The van der Waals surface area contributed by atoms with Crippen LogP contribution in [0.2, 0.25) is 0 Å². The van der Waals surface area contributed by atoms with Crippen molar-refractivity contribution < 1.29 is 0 Å². The number of hydrogen-bond acceptors (Lipinski definition) is 4. The Hall–Kier alpha value is -0.770. The molecule has 0 atom stereocenters. The lowest BCUT2D eigenvalue weighted by Gasteiger charge is -2.11. The van der Waals surface area contributed by atoms with Gasteiger partial charge in [0.15, 0.2) is 0 Å². The van der Waals surface area contributed by atoms with Crippen LogP contribution in [0.4, 0.5) is 5.82 Å². The van der Waals surface area contributed by atoms with Crippen LogP contribution < -0.4 is 5.32 Å². The molecule has 0 unspecified atom stereocenters. The van der Waals surface area contributed by atoms with Crippen molar-refractivity contribution in [1.82, 2.24) is 9.97 Å². The third-order valence-electron chi connectivity index (χ3n) is 2.20. The number of nitrogens with one attached hydrogen (secondary N) is 1. The van der Waals surface area contributed by atoms with Crippen molar-refractivity contribution in [2.24, 2.45) is 0 Å². The molecule has 0 amide bonds. The number of aryl methyl sites for hydroxylation is 1. The van der Waals surface area contributed by atoms with Gasteiger partial charge in [0.05, 0.1) is 0 Å². The molecular weight excluding hydrogens is 206 g/mol. The second-order valence-electron chi connectivity index (χ2n) is 3.40. The molecule has 0 spiro atoms. The summed E-state index contributed by atoms with van der Waals surface area (Å²) >= 11 is 1.68. The van der Waals surface area contributed by atoms with Gasteiger partial charge < -0.3 is 5.32 Å². The van der Waals surface area contributed by atoms with Gasteiger partial charge in [0, 0.05) is 18.5 Å². The van der Waals surface area contributed by atoms with Crippen molar-refractivity contribution in [2.75, 3.05) is 18.1 Å². The standard InChI is InChI=1S/C11H19N3S/c1-5-7-12-10-8(3)11(15-4)14-9(6-2)13-10/h5-7H2,1-4H3,(H,12,13,14). The van der Waals surface area contributed by atoms with Crippen molar-refractivity contribution in [1.29, 1.82) is 0 Å². The van der Waals surface area contributed by atoms with Crippen molar-refractivity contribution in [3.05, 3.63) is 11.4 Å². The molecule has 1 N–H and O–H groups in total. The summed E-state index contributed by atoms with van der Waals surface area (Å²) in [6.45, 7) is 7.27. The second kappa shape index (κ2) is 5.95. The fraction of sp³-hybridized carbons (Fsp3) is 0.636. The van der Waals surface area contributed by atoms with E-state index in [-0.39, 0.29) is 0 Å². The topological polar surface area (TPSA) is 37.8 Å². The van der Waals surface area contributed by atoms with E-state index in [0.717, 1.165) is 41.6 Å². The minimum Gasteiger partial charge on any atom is -0.370 e. The molecule has 1 heterocycles. The molecule has 1 aromatic heterocycles. The first-order valence-electron chi connectivity index (χ1n) is 5.38. The van der Waals surface area contributed by atoms with Gasteiger partial charge >= 0.3 is 0 Å². The Kier molecular flexibility index (Phi) is 4.88. The highest BCUT2D eigenvalue weighted by Crippen LogP contribution is 2.23. The maximum absolute atomic E-state index is 4.50.